The van der Waals surface area contributed by atoms with Crippen molar-refractivity contribution in [3.05, 3.63) is 44.9 Å². The first-order valence-corrected chi connectivity index (χ1v) is 7.74. The highest BCUT2D eigenvalue weighted by atomic mass is 79.9. The van der Waals surface area contributed by atoms with E-state index in [1.807, 2.05) is 0 Å². The number of carbonyl (C=O) groups excluding carboxylic acids is 1. The summed E-state index contributed by atoms with van der Waals surface area (Å²) >= 11 is 9.27. The normalized spacial score (nSPS) is 14.9. The molecule has 0 aliphatic heterocycles. The third-order valence-corrected chi connectivity index (χ3v) is 3.92. The third kappa shape index (κ3) is 4.66. The zero-order valence-electron chi connectivity index (χ0n) is 10.7. The average molecular weight is 343 g/mol. The molecule has 0 spiro atoms. The topological polar surface area (TPSA) is 29.1 Å². The van der Waals surface area contributed by atoms with Gasteiger partial charge in [0.1, 0.15) is 0 Å². The highest BCUT2D eigenvalue weighted by molar-refractivity contribution is 9.10. The molecular formula is C15H17BrClNO. The van der Waals surface area contributed by atoms with E-state index in [2.05, 4.69) is 27.3 Å². The van der Waals surface area contributed by atoms with E-state index in [1.54, 1.807) is 18.2 Å². The smallest absolute Gasteiger partial charge is 0.251 e. The van der Waals surface area contributed by atoms with Gasteiger partial charge in [-0.25, -0.2) is 0 Å². The molecule has 1 aromatic rings. The quantitative estimate of drug-likeness (QED) is 0.788. The number of hydrogen-bond donors (Lipinski definition) is 1. The molecule has 0 heterocycles. The van der Waals surface area contributed by atoms with Crippen LogP contribution in [0.3, 0.4) is 0 Å². The van der Waals surface area contributed by atoms with Gasteiger partial charge in [-0.15, -0.1) is 0 Å². The van der Waals surface area contributed by atoms with Gasteiger partial charge < -0.3 is 5.32 Å². The molecule has 1 aliphatic rings. The molecule has 0 atom stereocenters. The molecule has 1 aromatic carbocycles. The molecule has 19 heavy (non-hydrogen) atoms. The third-order valence-electron chi connectivity index (χ3n) is 3.24. The molecule has 0 fully saturated rings. The zero-order chi connectivity index (χ0) is 13.7. The van der Waals surface area contributed by atoms with Gasteiger partial charge in [0.25, 0.3) is 5.91 Å². The van der Waals surface area contributed by atoms with E-state index >= 15 is 0 Å². The fourth-order valence-corrected chi connectivity index (χ4v) is 3.12. The Morgan fingerprint density at radius 3 is 2.84 bits per heavy atom. The van der Waals surface area contributed by atoms with Crippen molar-refractivity contribution < 1.29 is 4.79 Å². The van der Waals surface area contributed by atoms with Crippen molar-refractivity contribution >= 4 is 33.4 Å². The van der Waals surface area contributed by atoms with Crippen LogP contribution in [0, 0.1) is 0 Å². The molecule has 0 bridgehead atoms. The van der Waals surface area contributed by atoms with Crippen molar-refractivity contribution in [1.82, 2.24) is 5.32 Å². The first-order valence-electron chi connectivity index (χ1n) is 6.57. The van der Waals surface area contributed by atoms with Crippen molar-refractivity contribution in [2.45, 2.75) is 32.1 Å². The fourth-order valence-electron chi connectivity index (χ4n) is 2.26. The maximum atomic E-state index is 12.0. The van der Waals surface area contributed by atoms with Gasteiger partial charge >= 0.3 is 0 Å². The second-order valence-corrected chi connectivity index (χ2v) is 6.12. The van der Waals surface area contributed by atoms with Gasteiger partial charge in [-0.2, -0.15) is 0 Å². The predicted molar refractivity (Wildman–Crippen MR) is 82.7 cm³/mol. The maximum absolute atomic E-state index is 12.0. The largest absolute Gasteiger partial charge is 0.352 e. The second kappa shape index (κ2) is 7.11. The van der Waals surface area contributed by atoms with Crippen molar-refractivity contribution in [2.75, 3.05) is 6.54 Å². The summed E-state index contributed by atoms with van der Waals surface area (Å²) in [5.41, 5.74) is 2.07. The molecule has 0 saturated heterocycles. The van der Waals surface area contributed by atoms with Gasteiger partial charge in [0.15, 0.2) is 0 Å². The van der Waals surface area contributed by atoms with E-state index < -0.39 is 0 Å². The van der Waals surface area contributed by atoms with Crippen LogP contribution in [0.25, 0.3) is 0 Å². The number of allylic oxidation sites excluding steroid dienone is 1. The maximum Gasteiger partial charge on any atom is 0.251 e. The molecule has 0 radical (unpaired) electrons. The molecule has 0 saturated carbocycles. The summed E-state index contributed by atoms with van der Waals surface area (Å²) in [6.45, 7) is 0.689. The molecule has 102 valence electrons. The van der Waals surface area contributed by atoms with E-state index in [0.29, 0.717) is 17.1 Å². The van der Waals surface area contributed by atoms with E-state index in [0.717, 1.165) is 10.9 Å². The Labute approximate surface area is 127 Å². The number of amides is 1. The van der Waals surface area contributed by atoms with Gasteiger partial charge in [0.2, 0.25) is 0 Å². The minimum Gasteiger partial charge on any atom is -0.352 e. The number of rotatable bonds is 4. The van der Waals surface area contributed by atoms with Crippen molar-refractivity contribution in [3.8, 4) is 0 Å². The molecule has 2 nitrogen and oxygen atoms in total. The lowest BCUT2D eigenvalue weighted by atomic mass is 9.97. The first-order chi connectivity index (χ1) is 9.15. The molecule has 1 aliphatic carbocycles. The monoisotopic (exact) mass is 341 g/mol. The zero-order valence-corrected chi connectivity index (χ0v) is 13.1. The van der Waals surface area contributed by atoms with Crippen LogP contribution in [0.5, 0.6) is 0 Å². The molecule has 1 N–H and O–H groups in total. The van der Waals surface area contributed by atoms with Crippen LogP contribution in [-0.4, -0.2) is 12.5 Å². The van der Waals surface area contributed by atoms with E-state index in [9.17, 15) is 4.79 Å². The number of benzene rings is 1. The van der Waals surface area contributed by atoms with Crippen LogP contribution in [0.2, 0.25) is 5.02 Å². The van der Waals surface area contributed by atoms with Gasteiger partial charge in [-0.05, 0) is 50.3 Å². The van der Waals surface area contributed by atoms with Crippen molar-refractivity contribution in [3.63, 3.8) is 0 Å². The Morgan fingerprint density at radius 2 is 2.16 bits per heavy atom. The summed E-state index contributed by atoms with van der Waals surface area (Å²) in [4.78, 5) is 12.0. The molecule has 0 aromatic heterocycles. The van der Waals surface area contributed by atoms with Crippen LogP contribution in [-0.2, 0) is 0 Å². The minimum atomic E-state index is -0.0698. The van der Waals surface area contributed by atoms with E-state index in [1.165, 1.54) is 31.3 Å². The Balaban J connectivity index is 1.85. The standard InChI is InChI=1S/C15H17BrClNO/c16-13-8-12(9-14(17)10-13)15(19)18-7-6-11-4-2-1-3-5-11/h4,8-10H,1-3,5-7H2,(H,18,19). The Hall–Kier alpha value is -0.800. The lowest BCUT2D eigenvalue weighted by Crippen LogP contribution is -2.24. The minimum absolute atomic E-state index is 0.0698. The Kier molecular flexibility index (Phi) is 5.46. The van der Waals surface area contributed by atoms with Crippen molar-refractivity contribution in [2.24, 2.45) is 0 Å². The summed E-state index contributed by atoms with van der Waals surface area (Å²) < 4.78 is 0.820. The number of halogens is 2. The van der Waals surface area contributed by atoms with Gasteiger partial charge in [0.05, 0.1) is 0 Å². The molecule has 1 amide bonds. The van der Waals surface area contributed by atoms with Crippen LogP contribution in [0.15, 0.2) is 34.3 Å². The van der Waals surface area contributed by atoms with E-state index in [-0.39, 0.29) is 5.91 Å². The van der Waals surface area contributed by atoms with Crippen LogP contribution < -0.4 is 5.32 Å². The van der Waals surface area contributed by atoms with Crippen LogP contribution in [0.1, 0.15) is 42.5 Å². The fraction of sp³-hybridized carbons (Fsp3) is 0.400. The van der Waals surface area contributed by atoms with Gasteiger partial charge in [-0.3, -0.25) is 4.79 Å². The summed E-state index contributed by atoms with van der Waals surface area (Å²) in [5.74, 6) is -0.0698. The number of carbonyl (C=O) groups is 1. The predicted octanol–water partition coefficient (Wildman–Crippen LogP) is 4.72. The van der Waals surface area contributed by atoms with Crippen LogP contribution >= 0.6 is 27.5 Å². The number of hydrogen-bond acceptors (Lipinski definition) is 1. The SMILES string of the molecule is O=C(NCCC1=CCCCC1)c1cc(Cl)cc(Br)c1. The summed E-state index contributed by atoms with van der Waals surface area (Å²) in [7, 11) is 0. The summed E-state index contributed by atoms with van der Waals surface area (Å²) in [6, 6.07) is 5.23. The lowest BCUT2D eigenvalue weighted by molar-refractivity contribution is 0.0954. The van der Waals surface area contributed by atoms with Gasteiger partial charge in [0, 0.05) is 21.6 Å². The highest BCUT2D eigenvalue weighted by Gasteiger charge is 2.08. The summed E-state index contributed by atoms with van der Waals surface area (Å²) in [5, 5.41) is 3.51. The molecule has 2 rings (SSSR count). The van der Waals surface area contributed by atoms with Crippen LogP contribution in [0.4, 0.5) is 0 Å². The second-order valence-electron chi connectivity index (χ2n) is 4.77. The molecule has 0 unspecified atom stereocenters. The Morgan fingerprint density at radius 1 is 1.32 bits per heavy atom. The Bertz CT molecular complexity index is 479. The summed E-state index contributed by atoms with van der Waals surface area (Å²) in [6.07, 6.45) is 8.20. The molecule has 4 heteroatoms. The lowest BCUT2D eigenvalue weighted by Gasteiger charge is -2.13. The van der Waals surface area contributed by atoms with Crippen molar-refractivity contribution in [1.29, 1.82) is 0 Å². The first kappa shape index (κ1) is 14.6. The number of nitrogens with one attached hydrogen (secondary N) is 1. The highest BCUT2D eigenvalue weighted by Crippen LogP contribution is 2.21. The van der Waals surface area contributed by atoms with Gasteiger partial charge in [-0.1, -0.05) is 39.2 Å². The van der Waals surface area contributed by atoms with E-state index in [4.69, 9.17) is 11.6 Å². The molecular weight excluding hydrogens is 326 g/mol. The average Bonchev–Trinajstić information content (AvgIpc) is 2.38.